The molecular weight excluding hydrogens is 292 g/mol. The highest BCUT2D eigenvalue weighted by atomic mass is 79.9. The van der Waals surface area contributed by atoms with Crippen LogP contribution in [0.25, 0.3) is 11.2 Å². The van der Waals surface area contributed by atoms with Crippen LogP contribution >= 0.6 is 15.9 Å². The van der Waals surface area contributed by atoms with Gasteiger partial charge in [-0.1, -0.05) is 13.8 Å². The standard InChI is InChI=1S/C13H15BrN4/c1-8(2)12-17-11-4-10(14)6-16-13(11)18(12)7-9(3)5-15/h4,6,8-9H,7H2,1-3H3. The monoisotopic (exact) mass is 306 g/mol. The lowest BCUT2D eigenvalue weighted by Crippen LogP contribution is -2.11. The fourth-order valence-corrected chi connectivity index (χ4v) is 2.26. The third-order valence-electron chi connectivity index (χ3n) is 2.77. The number of aromatic nitrogens is 3. The third kappa shape index (κ3) is 2.39. The summed E-state index contributed by atoms with van der Waals surface area (Å²) in [5.74, 6) is 1.24. The Hall–Kier alpha value is -1.41. The summed E-state index contributed by atoms with van der Waals surface area (Å²) in [7, 11) is 0. The van der Waals surface area contributed by atoms with Crippen LogP contribution in [0.3, 0.4) is 0 Å². The first-order valence-corrected chi connectivity index (χ1v) is 6.73. The Bertz CT molecular complexity index is 609. The van der Waals surface area contributed by atoms with Crippen molar-refractivity contribution >= 4 is 27.1 Å². The maximum atomic E-state index is 8.97. The molecule has 0 saturated carbocycles. The summed E-state index contributed by atoms with van der Waals surface area (Å²) in [4.78, 5) is 9.04. The van der Waals surface area contributed by atoms with Gasteiger partial charge in [0.25, 0.3) is 0 Å². The zero-order valence-electron chi connectivity index (χ0n) is 10.7. The second kappa shape index (κ2) is 5.07. The zero-order valence-corrected chi connectivity index (χ0v) is 12.3. The molecule has 18 heavy (non-hydrogen) atoms. The van der Waals surface area contributed by atoms with E-state index in [1.54, 1.807) is 6.20 Å². The van der Waals surface area contributed by atoms with Gasteiger partial charge in [0.2, 0.25) is 0 Å². The Morgan fingerprint density at radius 1 is 1.44 bits per heavy atom. The number of halogens is 1. The number of rotatable bonds is 3. The number of nitriles is 1. The number of fused-ring (bicyclic) bond motifs is 1. The molecule has 0 bridgehead atoms. The quantitative estimate of drug-likeness (QED) is 0.872. The first-order chi connectivity index (χ1) is 8.52. The van der Waals surface area contributed by atoms with Gasteiger partial charge in [0, 0.05) is 23.1 Å². The fraction of sp³-hybridized carbons (Fsp3) is 0.462. The van der Waals surface area contributed by atoms with Crippen LogP contribution in [0.2, 0.25) is 0 Å². The third-order valence-corrected chi connectivity index (χ3v) is 3.21. The van der Waals surface area contributed by atoms with Gasteiger partial charge in [-0.25, -0.2) is 9.97 Å². The summed E-state index contributed by atoms with van der Waals surface area (Å²) in [6, 6.07) is 4.22. The Morgan fingerprint density at radius 2 is 2.17 bits per heavy atom. The van der Waals surface area contributed by atoms with Gasteiger partial charge in [0.05, 0.1) is 12.0 Å². The Balaban J connectivity index is 2.60. The number of imidazole rings is 1. The lowest BCUT2D eigenvalue weighted by molar-refractivity contribution is 0.552. The maximum absolute atomic E-state index is 8.97. The van der Waals surface area contributed by atoms with Crippen molar-refractivity contribution in [3.05, 3.63) is 22.6 Å². The average Bonchev–Trinajstić information content (AvgIpc) is 2.67. The van der Waals surface area contributed by atoms with Crippen molar-refractivity contribution in [1.82, 2.24) is 14.5 Å². The van der Waals surface area contributed by atoms with Crippen molar-refractivity contribution in [3.8, 4) is 6.07 Å². The lowest BCUT2D eigenvalue weighted by atomic mass is 10.2. The molecule has 0 saturated heterocycles. The fourth-order valence-electron chi connectivity index (χ4n) is 1.94. The predicted molar refractivity (Wildman–Crippen MR) is 74.1 cm³/mol. The molecule has 2 aromatic rings. The lowest BCUT2D eigenvalue weighted by Gasteiger charge is -2.11. The second-order valence-corrected chi connectivity index (χ2v) is 5.68. The normalized spacial score (nSPS) is 12.9. The molecule has 94 valence electrons. The van der Waals surface area contributed by atoms with E-state index in [0.717, 1.165) is 21.5 Å². The van der Waals surface area contributed by atoms with Gasteiger partial charge in [-0.05, 0) is 28.9 Å². The Morgan fingerprint density at radius 3 is 2.78 bits per heavy atom. The first-order valence-electron chi connectivity index (χ1n) is 5.94. The summed E-state index contributed by atoms with van der Waals surface area (Å²) in [6.07, 6.45) is 1.77. The van der Waals surface area contributed by atoms with Crippen LogP contribution < -0.4 is 0 Å². The summed E-state index contributed by atoms with van der Waals surface area (Å²) in [5, 5.41) is 8.97. The maximum Gasteiger partial charge on any atom is 0.160 e. The first kappa shape index (κ1) is 13.0. The van der Waals surface area contributed by atoms with Crippen molar-refractivity contribution in [2.24, 2.45) is 5.92 Å². The van der Waals surface area contributed by atoms with E-state index in [-0.39, 0.29) is 5.92 Å². The topological polar surface area (TPSA) is 54.5 Å². The molecule has 1 unspecified atom stereocenters. The molecule has 0 fully saturated rings. The SMILES string of the molecule is CC(C#N)Cn1c(C(C)C)nc2cc(Br)cnc21. The van der Waals surface area contributed by atoms with E-state index < -0.39 is 0 Å². The van der Waals surface area contributed by atoms with Crippen LogP contribution in [-0.4, -0.2) is 14.5 Å². The molecule has 2 aromatic heterocycles. The zero-order chi connectivity index (χ0) is 13.3. The number of pyridine rings is 1. The highest BCUT2D eigenvalue weighted by Gasteiger charge is 2.16. The van der Waals surface area contributed by atoms with Gasteiger partial charge in [-0.3, -0.25) is 0 Å². The van der Waals surface area contributed by atoms with Crippen molar-refractivity contribution in [1.29, 1.82) is 5.26 Å². The van der Waals surface area contributed by atoms with Crippen molar-refractivity contribution in [2.75, 3.05) is 0 Å². The number of hydrogen-bond acceptors (Lipinski definition) is 3. The summed E-state index contributed by atoms with van der Waals surface area (Å²) < 4.78 is 2.98. The van der Waals surface area contributed by atoms with E-state index in [9.17, 15) is 0 Å². The smallest absolute Gasteiger partial charge is 0.160 e. The number of nitrogens with zero attached hydrogens (tertiary/aromatic N) is 4. The number of hydrogen-bond donors (Lipinski definition) is 0. The van der Waals surface area contributed by atoms with Crippen LogP contribution in [0.1, 0.15) is 32.5 Å². The molecule has 0 radical (unpaired) electrons. The van der Waals surface area contributed by atoms with Gasteiger partial charge >= 0.3 is 0 Å². The highest BCUT2D eigenvalue weighted by molar-refractivity contribution is 9.10. The molecule has 0 aromatic carbocycles. The van der Waals surface area contributed by atoms with E-state index in [1.165, 1.54) is 0 Å². The van der Waals surface area contributed by atoms with Crippen LogP contribution in [0.15, 0.2) is 16.7 Å². The predicted octanol–water partition coefficient (Wildman–Crippen LogP) is 3.48. The molecule has 1 atom stereocenters. The molecule has 0 aliphatic rings. The summed E-state index contributed by atoms with van der Waals surface area (Å²) in [6.45, 7) is 6.75. The molecule has 0 aliphatic heterocycles. The van der Waals surface area contributed by atoms with Gasteiger partial charge in [-0.2, -0.15) is 5.26 Å². The van der Waals surface area contributed by atoms with Crippen molar-refractivity contribution < 1.29 is 0 Å². The van der Waals surface area contributed by atoms with Crippen LogP contribution in [0.4, 0.5) is 0 Å². The van der Waals surface area contributed by atoms with Gasteiger partial charge in [0.15, 0.2) is 5.65 Å². The van der Waals surface area contributed by atoms with E-state index in [1.807, 2.05) is 13.0 Å². The molecule has 0 amide bonds. The second-order valence-electron chi connectivity index (χ2n) is 4.76. The molecular formula is C13H15BrN4. The molecule has 0 aliphatic carbocycles. The molecule has 2 rings (SSSR count). The molecule has 5 heteroatoms. The Kier molecular flexibility index (Phi) is 3.67. The average molecular weight is 307 g/mol. The summed E-state index contributed by atoms with van der Waals surface area (Å²) >= 11 is 3.40. The molecule has 0 spiro atoms. The van der Waals surface area contributed by atoms with Crippen LogP contribution in [-0.2, 0) is 6.54 Å². The van der Waals surface area contributed by atoms with Crippen LogP contribution in [0, 0.1) is 17.2 Å². The Labute approximate surface area is 115 Å². The van der Waals surface area contributed by atoms with E-state index in [4.69, 9.17) is 5.26 Å². The van der Waals surface area contributed by atoms with Gasteiger partial charge < -0.3 is 4.57 Å². The minimum atomic E-state index is -0.0506. The van der Waals surface area contributed by atoms with Gasteiger partial charge in [0.1, 0.15) is 11.3 Å². The van der Waals surface area contributed by atoms with Crippen molar-refractivity contribution in [3.63, 3.8) is 0 Å². The van der Waals surface area contributed by atoms with E-state index in [2.05, 4.69) is 50.4 Å². The minimum Gasteiger partial charge on any atom is -0.311 e. The molecule has 2 heterocycles. The minimum absolute atomic E-state index is 0.0506. The van der Waals surface area contributed by atoms with Gasteiger partial charge in [-0.15, -0.1) is 0 Å². The largest absolute Gasteiger partial charge is 0.311 e. The summed E-state index contributed by atoms with van der Waals surface area (Å²) in [5.41, 5.74) is 1.72. The van der Waals surface area contributed by atoms with E-state index >= 15 is 0 Å². The van der Waals surface area contributed by atoms with Crippen LogP contribution in [0.5, 0.6) is 0 Å². The molecule has 0 N–H and O–H groups in total. The highest BCUT2D eigenvalue weighted by Crippen LogP contribution is 2.23. The van der Waals surface area contributed by atoms with E-state index in [0.29, 0.717) is 12.5 Å². The molecule has 4 nitrogen and oxygen atoms in total. The van der Waals surface area contributed by atoms with Crippen molar-refractivity contribution in [2.45, 2.75) is 33.2 Å².